The molecule has 0 rings (SSSR count). The van der Waals surface area contributed by atoms with Crippen LogP contribution in [-0.2, 0) is 4.79 Å². The molecule has 0 aromatic carbocycles. The van der Waals surface area contributed by atoms with Gasteiger partial charge in [0.05, 0.1) is 12.0 Å². The van der Waals surface area contributed by atoms with Crippen LogP contribution in [0.3, 0.4) is 0 Å². The number of hydrogen-bond acceptors (Lipinski definition) is 3. The predicted molar refractivity (Wildman–Crippen MR) is 70.0 cm³/mol. The van der Waals surface area contributed by atoms with Crippen LogP contribution in [0.4, 0.5) is 0 Å². The van der Waals surface area contributed by atoms with Crippen molar-refractivity contribution < 1.29 is 9.90 Å². The average Bonchev–Trinajstić information content (AvgIpc) is 2.16. The Morgan fingerprint density at radius 3 is 2.18 bits per heavy atom. The molecule has 0 radical (unpaired) electrons. The van der Waals surface area contributed by atoms with Gasteiger partial charge in [0.1, 0.15) is 0 Å². The minimum atomic E-state index is -0.592. The van der Waals surface area contributed by atoms with Gasteiger partial charge in [-0.1, -0.05) is 41.0 Å². The Hall–Kier alpha value is -0.610. The molecule has 17 heavy (non-hydrogen) atoms. The van der Waals surface area contributed by atoms with Gasteiger partial charge in [0.15, 0.2) is 0 Å². The number of nitrogens with two attached hydrogens (primary N) is 1. The molecule has 1 amide bonds. The first-order chi connectivity index (χ1) is 7.81. The van der Waals surface area contributed by atoms with Crippen LogP contribution < -0.4 is 5.84 Å². The molecule has 0 aromatic rings. The number of hydrogen-bond donors (Lipinski definition) is 2. The molecule has 0 bridgehead atoms. The van der Waals surface area contributed by atoms with Crippen molar-refractivity contribution in [3.63, 3.8) is 0 Å². The van der Waals surface area contributed by atoms with Gasteiger partial charge in [-0.05, 0) is 18.3 Å². The third-order valence-corrected chi connectivity index (χ3v) is 2.85. The molecule has 0 aliphatic rings. The van der Waals surface area contributed by atoms with Gasteiger partial charge in [-0.25, -0.2) is 5.84 Å². The van der Waals surface area contributed by atoms with Crippen LogP contribution in [0.2, 0.25) is 0 Å². The maximum Gasteiger partial charge on any atom is 0.242 e. The zero-order valence-corrected chi connectivity index (χ0v) is 11.8. The minimum absolute atomic E-state index is 0.0993. The number of amides is 1. The molecule has 0 fully saturated rings. The maximum absolute atomic E-state index is 12.2. The number of carbonyl (C=O) groups is 1. The lowest BCUT2D eigenvalue weighted by atomic mass is 9.87. The summed E-state index contributed by atoms with van der Waals surface area (Å²) in [5.74, 6) is 5.66. The lowest BCUT2D eigenvalue weighted by Gasteiger charge is -2.30. The highest BCUT2D eigenvalue weighted by molar-refractivity contribution is 5.79. The Morgan fingerprint density at radius 2 is 1.82 bits per heavy atom. The van der Waals surface area contributed by atoms with Gasteiger partial charge in [0.25, 0.3) is 0 Å². The summed E-state index contributed by atoms with van der Waals surface area (Å²) < 4.78 is 0. The second kappa shape index (κ2) is 7.67. The van der Waals surface area contributed by atoms with Crippen molar-refractivity contribution in [2.45, 2.75) is 53.6 Å². The molecule has 0 aromatic heterocycles. The van der Waals surface area contributed by atoms with Gasteiger partial charge in [-0.15, -0.1) is 0 Å². The topological polar surface area (TPSA) is 66.6 Å². The number of hydrazine groups is 1. The Labute approximate surface area is 105 Å². The van der Waals surface area contributed by atoms with Gasteiger partial charge in [-0.3, -0.25) is 9.80 Å². The summed E-state index contributed by atoms with van der Waals surface area (Å²) in [4.78, 5) is 12.2. The number of carbonyl (C=O) groups excluding carboxylic acids is 1. The standard InChI is InChI=1S/C13H28N2O2/c1-6-7-11(16)12(10(4)5)13(17)15(14)8-9(2)3/h9-12,16H,6-8,14H2,1-5H3. The second-order valence-electron chi connectivity index (χ2n) is 5.51. The van der Waals surface area contributed by atoms with Crippen LogP contribution in [0.1, 0.15) is 47.5 Å². The van der Waals surface area contributed by atoms with Crippen molar-refractivity contribution in [1.29, 1.82) is 0 Å². The molecule has 0 aliphatic heterocycles. The van der Waals surface area contributed by atoms with Crippen LogP contribution in [-0.4, -0.2) is 28.7 Å². The number of rotatable bonds is 7. The zero-order chi connectivity index (χ0) is 13.6. The smallest absolute Gasteiger partial charge is 0.242 e. The molecule has 0 spiro atoms. The van der Waals surface area contributed by atoms with Crippen LogP contribution in [0.15, 0.2) is 0 Å². The van der Waals surface area contributed by atoms with E-state index in [9.17, 15) is 9.90 Å². The van der Waals surface area contributed by atoms with E-state index in [1.54, 1.807) is 0 Å². The molecule has 2 atom stereocenters. The molecule has 0 saturated carbocycles. The summed E-state index contributed by atoms with van der Waals surface area (Å²) in [6.45, 7) is 10.5. The van der Waals surface area contributed by atoms with E-state index in [4.69, 9.17) is 5.84 Å². The highest BCUT2D eigenvalue weighted by atomic mass is 16.3. The summed E-state index contributed by atoms with van der Waals surface area (Å²) in [5, 5.41) is 11.3. The Kier molecular flexibility index (Phi) is 7.39. The van der Waals surface area contributed by atoms with Crippen molar-refractivity contribution in [2.24, 2.45) is 23.6 Å². The van der Waals surface area contributed by atoms with E-state index in [2.05, 4.69) is 0 Å². The zero-order valence-electron chi connectivity index (χ0n) is 11.8. The van der Waals surface area contributed by atoms with E-state index in [0.717, 1.165) is 6.42 Å². The van der Waals surface area contributed by atoms with E-state index in [1.165, 1.54) is 5.01 Å². The molecular formula is C13H28N2O2. The van der Waals surface area contributed by atoms with Gasteiger partial charge >= 0.3 is 0 Å². The Morgan fingerprint density at radius 1 is 1.29 bits per heavy atom. The Balaban J connectivity index is 4.64. The molecule has 0 aliphatic carbocycles. The fourth-order valence-corrected chi connectivity index (χ4v) is 2.04. The van der Waals surface area contributed by atoms with E-state index >= 15 is 0 Å². The second-order valence-corrected chi connectivity index (χ2v) is 5.51. The van der Waals surface area contributed by atoms with Crippen molar-refractivity contribution in [2.75, 3.05) is 6.54 Å². The van der Waals surface area contributed by atoms with Gasteiger partial charge in [0, 0.05) is 6.54 Å². The lowest BCUT2D eigenvalue weighted by molar-refractivity contribution is -0.142. The molecule has 0 heterocycles. The molecule has 4 heteroatoms. The van der Waals surface area contributed by atoms with Crippen molar-refractivity contribution >= 4 is 5.91 Å². The third kappa shape index (κ3) is 5.50. The maximum atomic E-state index is 12.2. The molecule has 2 unspecified atom stereocenters. The number of nitrogens with zero attached hydrogens (tertiary/aromatic N) is 1. The first-order valence-corrected chi connectivity index (χ1v) is 6.55. The van der Waals surface area contributed by atoms with Crippen LogP contribution in [0.5, 0.6) is 0 Å². The van der Waals surface area contributed by atoms with Gasteiger partial charge in [-0.2, -0.15) is 0 Å². The predicted octanol–water partition coefficient (Wildman–Crippen LogP) is 1.78. The summed E-state index contributed by atoms with van der Waals surface area (Å²) in [7, 11) is 0. The molecule has 4 nitrogen and oxygen atoms in total. The van der Waals surface area contributed by atoms with E-state index < -0.39 is 12.0 Å². The number of aliphatic hydroxyl groups excluding tert-OH is 1. The van der Waals surface area contributed by atoms with Crippen molar-refractivity contribution in [1.82, 2.24) is 5.01 Å². The van der Waals surface area contributed by atoms with Gasteiger partial charge in [0.2, 0.25) is 5.91 Å². The molecule has 102 valence electrons. The normalized spacial score (nSPS) is 15.1. The fraction of sp³-hybridized carbons (Fsp3) is 0.923. The first-order valence-electron chi connectivity index (χ1n) is 6.55. The summed E-state index contributed by atoms with van der Waals surface area (Å²) in [5.41, 5.74) is 0. The highest BCUT2D eigenvalue weighted by Gasteiger charge is 2.31. The quantitative estimate of drug-likeness (QED) is 0.407. The highest BCUT2D eigenvalue weighted by Crippen LogP contribution is 2.21. The van der Waals surface area contributed by atoms with E-state index in [-0.39, 0.29) is 11.8 Å². The summed E-state index contributed by atoms with van der Waals surface area (Å²) >= 11 is 0. The largest absolute Gasteiger partial charge is 0.392 e. The van der Waals surface area contributed by atoms with Crippen LogP contribution in [0.25, 0.3) is 0 Å². The Bertz CT molecular complexity index is 229. The number of aliphatic hydroxyl groups is 1. The lowest BCUT2D eigenvalue weighted by Crippen LogP contribution is -2.48. The van der Waals surface area contributed by atoms with Crippen LogP contribution >= 0.6 is 0 Å². The van der Waals surface area contributed by atoms with Crippen LogP contribution in [0, 0.1) is 17.8 Å². The fourth-order valence-electron chi connectivity index (χ4n) is 2.04. The van der Waals surface area contributed by atoms with E-state index in [0.29, 0.717) is 18.9 Å². The monoisotopic (exact) mass is 244 g/mol. The van der Waals surface area contributed by atoms with Crippen molar-refractivity contribution in [3.05, 3.63) is 0 Å². The molecule has 3 N–H and O–H groups in total. The minimum Gasteiger partial charge on any atom is -0.392 e. The first kappa shape index (κ1) is 16.4. The average molecular weight is 244 g/mol. The summed E-state index contributed by atoms with van der Waals surface area (Å²) in [6, 6.07) is 0. The molecule has 0 saturated heterocycles. The SMILES string of the molecule is CCCC(O)C(C(=O)N(N)CC(C)C)C(C)C. The molecular weight excluding hydrogens is 216 g/mol. The van der Waals surface area contributed by atoms with E-state index in [1.807, 2.05) is 34.6 Å². The van der Waals surface area contributed by atoms with Crippen molar-refractivity contribution in [3.8, 4) is 0 Å². The third-order valence-electron chi connectivity index (χ3n) is 2.85. The summed E-state index contributed by atoms with van der Waals surface area (Å²) in [6.07, 6.45) is 0.919. The van der Waals surface area contributed by atoms with Gasteiger partial charge < -0.3 is 5.11 Å².